The highest BCUT2D eigenvalue weighted by atomic mass is 14.4. The highest BCUT2D eigenvalue weighted by Crippen LogP contribution is 2.49. The maximum absolute atomic E-state index is 4.36. The Kier molecular flexibility index (Phi) is 7.87. The van der Waals surface area contributed by atoms with Gasteiger partial charge in [-0.3, -0.25) is 0 Å². The lowest BCUT2D eigenvalue weighted by Gasteiger charge is -2.27. The van der Waals surface area contributed by atoms with Crippen LogP contribution >= 0.6 is 0 Å². The Morgan fingerprint density at radius 2 is 1.54 bits per heavy atom. The smallest absolute Gasteiger partial charge is 0.0158 e. The Balaban J connectivity index is 1.78. The van der Waals surface area contributed by atoms with Crippen LogP contribution in [0, 0.1) is 12.8 Å². The molecule has 1 unspecified atom stereocenters. The number of rotatable bonds is 6. The van der Waals surface area contributed by atoms with E-state index in [0.29, 0.717) is 5.92 Å². The van der Waals surface area contributed by atoms with E-state index in [-0.39, 0.29) is 5.41 Å². The summed E-state index contributed by atoms with van der Waals surface area (Å²) in [6.45, 7) is 24.0. The SMILES string of the molecule is C=CC1=C(C=C)C(C)(C)c2cc(/C3=C(CC)/C(C=C)=C(c4ccc5cc(C)ccc5c4)\C=C/C=C\CC3C)ccc21. The molecule has 0 heteroatoms. The van der Waals surface area contributed by atoms with E-state index in [0.717, 1.165) is 12.8 Å². The van der Waals surface area contributed by atoms with Crippen LogP contribution in [0.25, 0.3) is 27.5 Å². The summed E-state index contributed by atoms with van der Waals surface area (Å²) in [6.07, 6.45) is 16.9. The molecule has 0 fully saturated rings. The summed E-state index contributed by atoms with van der Waals surface area (Å²) >= 11 is 0. The van der Waals surface area contributed by atoms with E-state index in [4.69, 9.17) is 0 Å². The summed E-state index contributed by atoms with van der Waals surface area (Å²) < 4.78 is 0. The molecule has 0 saturated carbocycles. The largest absolute Gasteiger partial charge is 0.0987 e. The van der Waals surface area contributed by atoms with Gasteiger partial charge in [0.25, 0.3) is 0 Å². The van der Waals surface area contributed by atoms with Crippen LogP contribution in [-0.4, -0.2) is 0 Å². The average Bonchev–Trinajstić information content (AvgIpc) is 3.19. The fourth-order valence-electron chi connectivity index (χ4n) is 6.86. The van der Waals surface area contributed by atoms with Gasteiger partial charge < -0.3 is 0 Å². The Bertz CT molecular complexity index is 1720. The summed E-state index contributed by atoms with van der Waals surface area (Å²) in [4.78, 5) is 0. The minimum absolute atomic E-state index is 0.128. The molecule has 5 rings (SSSR count). The number of hydrogen-bond donors (Lipinski definition) is 0. The molecule has 0 amide bonds. The normalized spacial score (nSPS) is 23.7. The first-order valence-corrected chi connectivity index (χ1v) is 14.8. The molecule has 0 heterocycles. The van der Waals surface area contributed by atoms with Crippen molar-refractivity contribution in [3.05, 3.63) is 161 Å². The number of benzene rings is 3. The average molecular weight is 535 g/mol. The lowest BCUT2D eigenvalue weighted by molar-refractivity contribution is 0.654. The van der Waals surface area contributed by atoms with Crippen molar-refractivity contribution >= 4 is 27.5 Å². The molecule has 0 saturated heterocycles. The quantitative estimate of drug-likeness (QED) is 0.295. The van der Waals surface area contributed by atoms with E-state index in [1.54, 1.807) is 0 Å². The zero-order valence-electron chi connectivity index (χ0n) is 25.4. The molecule has 0 aromatic heterocycles. The number of fused-ring (bicyclic) bond motifs is 2. The van der Waals surface area contributed by atoms with Crippen LogP contribution in [0.3, 0.4) is 0 Å². The van der Waals surface area contributed by atoms with Crippen LogP contribution in [0.2, 0.25) is 0 Å². The highest BCUT2D eigenvalue weighted by Gasteiger charge is 2.36. The van der Waals surface area contributed by atoms with Crippen LogP contribution in [0.15, 0.2) is 134 Å². The zero-order chi connectivity index (χ0) is 29.3. The number of hydrogen-bond acceptors (Lipinski definition) is 0. The topological polar surface area (TPSA) is 0 Å². The van der Waals surface area contributed by atoms with Gasteiger partial charge in [0.1, 0.15) is 0 Å². The molecule has 0 N–H and O–H groups in total. The van der Waals surface area contributed by atoms with E-state index in [2.05, 4.69) is 139 Å². The molecule has 1 atom stereocenters. The van der Waals surface area contributed by atoms with Crippen molar-refractivity contribution in [1.29, 1.82) is 0 Å². The second-order valence-corrected chi connectivity index (χ2v) is 11.9. The van der Waals surface area contributed by atoms with Crippen LogP contribution < -0.4 is 0 Å². The molecule has 2 aliphatic carbocycles. The lowest BCUT2D eigenvalue weighted by Crippen LogP contribution is -2.16. The summed E-state index contributed by atoms with van der Waals surface area (Å²) in [5.74, 6) is 0.344. The van der Waals surface area contributed by atoms with Gasteiger partial charge in [0.05, 0.1) is 0 Å². The van der Waals surface area contributed by atoms with Gasteiger partial charge in [0, 0.05) is 5.41 Å². The Hall–Kier alpha value is -4.16. The number of allylic oxidation sites excluding steroid dienone is 13. The Labute approximate surface area is 247 Å². The molecule has 3 aromatic rings. The fraction of sp³-hybridized carbons (Fsp3) is 0.220. The summed E-state index contributed by atoms with van der Waals surface area (Å²) in [7, 11) is 0. The van der Waals surface area contributed by atoms with Gasteiger partial charge >= 0.3 is 0 Å². The van der Waals surface area contributed by atoms with Crippen molar-refractivity contribution in [2.24, 2.45) is 5.92 Å². The predicted octanol–water partition coefficient (Wildman–Crippen LogP) is 11.5. The molecule has 2 aliphatic rings. The van der Waals surface area contributed by atoms with Crippen molar-refractivity contribution in [1.82, 2.24) is 0 Å². The van der Waals surface area contributed by atoms with E-state index in [1.165, 1.54) is 72.0 Å². The molecule has 0 bridgehead atoms. The first-order chi connectivity index (χ1) is 19.7. The zero-order valence-corrected chi connectivity index (χ0v) is 25.4. The molecule has 0 nitrogen and oxygen atoms in total. The third-order valence-electron chi connectivity index (χ3n) is 8.96. The van der Waals surface area contributed by atoms with Crippen molar-refractivity contribution in [3.63, 3.8) is 0 Å². The molecule has 0 spiro atoms. The lowest BCUT2D eigenvalue weighted by atomic mass is 9.77. The summed E-state index contributed by atoms with van der Waals surface area (Å²) in [5.41, 5.74) is 13.9. The molecule has 206 valence electrons. The summed E-state index contributed by atoms with van der Waals surface area (Å²) in [6, 6.07) is 20.5. The van der Waals surface area contributed by atoms with E-state index in [1.807, 2.05) is 12.2 Å². The van der Waals surface area contributed by atoms with Gasteiger partial charge in [0.15, 0.2) is 0 Å². The van der Waals surface area contributed by atoms with Crippen molar-refractivity contribution in [3.8, 4) is 0 Å². The Morgan fingerprint density at radius 1 is 0.829 bits per heavy atom. The monoisotopic (exact) mass is 534 g/mol. The van der Waals surface area contributed by atoms with Gasteiger partial charge in [-0.25, -0.2) is 0 Å². The third-order valence-corrected chi connectivity index (χ3v) is 8.96. The third kappa shape index (κ3) is 4.97. The standard InChI is InChI=1S/C41H42/c1-9-33-35(11-3)40(32-22-23-37-34(10-2)38(12-4)41(7,8)39(37)26-32)28(6)16-14-13-15-17-36(33)31-21-20-29-24-27(5)18-19-30(29)25-31/h9-10,12-15,17-26,28H,1-2,4,11,16H2,3,5-8H3/b14-13-,17-15-,36-33+,40-35+. The minimum Gasteiger partial charge on any atom is -0.0987 e. The van der Waals surface area contributed by atoms with Crippen molar-refractivity contribution in [2.45, 2.75) is 52.9 Å². The predicted molar refractivity (Wildman–Crippen MR) is 182 cm³/mol. The molecule has 3 aromatic carbocycles. The maximum Gasteiger partial charge on any atom is 0.0158 e. The van der Waals surface area contributed by atoms with E-state index < -0.39 is 0 Å². The molecule has 0 aliphatic heterocycles. The van der Waals surface area contributed by atoms with Gasteiger partial charge in [-0.15, -0.1) is 0 Å². The maximum atomic E-state index is 4.36. The Morgan fingerprint density at radius 3 is 2.24 bits per heavy atom. The van der Waals surface area contributed by atoms with E-state index in [9.17, 15) is 0 Å². The molecule has 41 heavy (non-hydrogen) atoms. The van der Waals surface area contributed by atoms with Crippen LogP contribution in [0.1, 0.15) is 68.4 Å². The van der Waals surface area contributed by atoms with Gasteiger partial charge in [0.2, 0.25) is 0 Å². The highest BCUT2D eigenvalue weighted by molar-refractivity contribution is 5.93. The summed E-state index contributed by atoms with van der Waals surface area (Å²) in [5, 5.41) is 2.52. The van der Waals surface area contributed by atoms with Crippen LogP contribution in [-0.2, 0) is 5.41 Å². The first-order valence-electron chi connectivity index (χ1n) is 14.8. The molecule has 0 radical (unpaired) electrons. The molecular formula is C41H42. The fourth-order valence-corrected chi connectivity index (χ4v) is 6.86. The van der Waals surface area contributed by atoms with Gasteiger partial charge in [-0.2, -0.15) is 0 Å². The van der Waals surface area contributed by atoms with E-state index >= 15 is 0 Å². The van der Waals surface area contributed by atoms with Crippen LogP contribution in [0.5, 0.6) is 0 Å². The van der Waals surface area contributed by atoms with Crippen molar-refractivity contribution < 1.29 is 0 Å². The van der Waals surface area contributed by atoms with Gasteiger partial charge in [-0.1, -0.05) is 138 Å². The molecular weight excluding hydrogens is 492 g/mol. The first kappa shape index (κ1) is 28.4. The van der Waals surface area contributed by atoms with Crippen molar-refractivity contribution in [2.75, 3.05) is 0 Å². The second-order valence-electron chi connectivity index (χ2n) is 11.9. The van der Waals surface area contributed by atoms with Gasteiger partial charge in [-0.05, 0) is 104 Å². The number of aryl methyl sites for hydroxylation is 1. The minimum atomic E-state index is -0.128. The van der Waals surface area contributed by atoms with Crippen LogP contribution in [0.4, 0.5) is 0 Å². The second kappa shape index (κ2) is 11.4.